The third-order valence-electron chi connectivity index (χ3n) is 3.55. The number of nitrogens with zero attached hydrogens (tertiary/aromatic N) is 4. The number of hydrogen-bond donors (Lipinski definition) is 0. The smallest absolute Gasteiger partial charge is 0.358 e. The van der Waals surface area contributed by atoms with Crippen LogP contribution >= 0.6 is 11.3 Å². The fourth-order valence-corrected chi connectivity index (χ4v) is 3.38. The highest BCUT2D eigenvalue weighted by Gasteiger charge is 2.30. The molecule has 0 amide bonds. The molecule has 0 saturated carbocycles. The van der Waals surface area contributed by atoms with Gasteiger partial charge in [-0.3, -0.25) is 4.57 Å². The fourth-order valence-electron chi connectivity index (χ4n) is 2.49. The number of rotatable bonds is 2. The first kappa shape index (κ1) is 12.2. The van der Waals surface area contributed by atoms with Crippen LogP contribution in [-0.4, -0.2) is 21.0 Å². The SMILES string of the molecule is Cc1nc([N+](=O)[O-])c(N2CCc3sccc3C2)n1C. The van der Waals surface area contributed by atoms with Gasteiger partial charge in [-0.1, -0.05) is 0 Å². The summed E-state index contributed by atoms with van der Waals surface area (Å²) in [6, 6.07) is 2.10. The molecule has 0 N–H and O–H groups in total. The summed E-state index contributed by atoms with van der Waals surface area (Å²) < 4.78 is 1.80. The largest absolute Gasteiger partial charge is 0.406 e. The Bertz CT molecular complexity index is 646. The van der Waals surface area contributed by atoms with Crippen LogP contribution < -0.4 is 4.90 Å². The summed E-state index contributed by atoms with van der Waals surface area (Å²) in [4.78, 5) is 18.2. The molecule has 0 radical (unpaired) electrons. The van der Waals surface area contributed by atoms with Crippen LogP contribution in [0.1, 0.15) is 16.3 Å². The third kappa shape index (κ3) is 1.90. The predicted octanol–water partition coefficient (Wildman–Crippen LogP) is 2.26. The lowest BCUT2D eigenvalue weighted by molar-refractivity contribution is -0.388. The molecule has 1 aliphatic heterocycles. The Morgan fingerprint density at radius 3 is 3.05 bits per heavy atom. The highest BCUT2D eigenvalue weighted by atomic mass is 32.1. The van der Waals surface area contributed by atoms with Gasteiger partial charge in [0.2, 0.25) is 11.6 Å². The number of anilines is 1. The van der Waals surface area contributed by atoms with Crippen molar-refractivity contribution in [3.05, 3.63) is 37.8 Å². The van der Waals surface area contributed by atoms with Crippen LogP contribution in [0.4, 0.5) is 11.6 Å². The van der Waals surface area contributed by atoms with Gasteiger partial charge in [0, 0.05) is 31.9 Å². The second-order valence-corrected chi connectivity index (χ2v) is 5.66. The zero-order chi connectivity index (χ0) is 13.6. The van der Waals surface area contributed by atoms with Crippen molar-refractivity contribution in [2.75, 3.05) is 11.4 Å². The summed E-state index contributed by atoms with van der Waals surface area (Å²) in [6.45, 7) is 3.31. The average Bonchev–Trinajstić information content (AvgIpc) is 2.94. The second-order valence-electron chi connectivity index (χ2n) is 4.66. The predicted molar refractivity (Wildman–Crippen MR) is 73.7 cm³/mol. The lowest BCUT2D eigenvalue weighted by Crippen LogP contribution is -2.31. The monoisotopic (exact) mass is 278 g/mol. The van der Waals surface area contributed by atoms with Gasteiger partial charge < -0.3 is 15.0 Å². The Labute approximate surface area is 114 Å². The maximum absolute atomic E-state index is 11.1. The molecule has 0 atom stereocenters. The van der Waals surface area contributed by atoms with Crippen molar-refractivity contribution >= 4 is 23.0 Å². The minimum atomic E-state index is -0.397. The number of thiophene rings is 1. The first-order valence-electron chi connectivity index (χ1n) is 6.06. The molecule has 0 aromatic carbocycles. The van der Waals surface area contributed by atoms with E-state index in [1.54, 1.807) is 22.8 Å². The molecule has 3 heterocycles. The Hall–Kier alpha value is -1.89. The van der Waals surface area contributed by atoms with Gasteiger partial charge in [0.25, 0.3) is 0 Å². The Morgan fingerprint density at radius 1 is 1.53 bits per heavy atom. The van der Waals surface area contributed by atoms with E-state index >= 15 is 0 Å². The minimum Gasteiger partial charge on any atom is -0.358 e. The molecule has 19 heavy (non-hydrogen) atoms. The standard InChI is InChI=1S/C12H14N4O2S/c1-8-13-11(16(17)18)12(14(8)2)15-5-3-10-9(7-15)4-6-19-10/h4,6H,3,5,7H2,1-2H3. The lowest BCUT2D eigenvalue weighted by atomic mass is 10.1. The third-order valence-corrected chi connectivity index (χ3v) is 4.57. The lowest BCUT2D eigenvalue weighted by Gasteiger charge is -2.28. The molecular formula is C12H14N4O2S. The van der Waals surface area contributed by atoms with Crippen LogP contribution in [-0.2, 0) is 20.0 Å². The van der Waals surface area contributed by atoms with E-state index in [2.05, 4.69) is 16.4 Å². The van der Waals surface area contributed by atoms with Crippen molar-refractivity contribution in [1.29, 1.82) is 0 Å². The van der Waals surface area contributed by atoms with E-state index < -0.39 is 4.92 Å². The number of nitro groups is 1. The van der Waals surface area contributed by atoms with Crippen LogP contribution in [0.15, 0.2) is 11.4 Å². The molecule has 2 aromatic rings. The van der Waals surface area contributed by atoms with Gasteiger partial charge in [0.05, 0.1) is 0 Å². The molecule has 0 aliphatic carbocycles. The number of imidazole rings is 1. The summed E-state index contributed by atoms with van der Waals surface area (Å²) in [5.74, 6) is 1.23. The zero-order valence-corrected chi connectivity index (χ0v) is 11.6. The number of fused-ring (bicyclic) bond motifs is 1. The Balaban J connectivity index is 2.02. The molecule has 0 fully saturated rings. The van der Waals surface area contributed by atoms with Crippen molar-refractivity contribution in [1.82, 2.24) is 9.55 Å². The van der Waals surface area contributed by atoms with Gasteiger partial charge in [0.1, 0.15) is 0 Å². The normalized spacial score (nSPS) is 14.5. The maximum Gasteiger partial charge on any atom is 0.406 e. The first-order valence-corrected chi connectivity index (χ1v) is 6.94. The quantitative estimate of drug-likeness (QED) is 0.624. The first-order chi connectivity index (χ1) is 9.08. The van der Waals surface area contributed by atoms with E-state index in [9.17, 15) is 10.1 Å². The summed E-state index contributed by atoms with van der Waals surface area (Å²) in [5, 5.41) is 13.2. The molecule has 2 aromatic heterocycles. The molecule has 1 aliphatic rings. The molecule has 3 rings (SSSR count). The van der Waals surface area contributed by atoms with E-state index in [0.717, 1.165) is 19.5 Å². The van der Waals surface area contributed by atoms with Crippen LogP contribution in [0.2, 0.25) is 0 Å². The average molecular weight is 278 g/mol. The van der Waals surface area contributed by atoms with Gasteiger partial charge >= 0.3 is 5.82 Å². The molecule has 0 saturated heterocycles. The molecule has 100 valence electrons. The van der Waals surface area contributed by atoms with Gasteiger partial charge in [0.15, 0.2) is 0 Å². The van der Waals surface area contributed by atoms with Gasteiger partial charge in [-0.15, -0.1) is 11.3 Å². The highest BCUT2D eigenvalue weighted by molar-refractivity contribution is 7.10. The molecule has 0 spiro atoms. The number of aryl methyl sites for hydroxylation is 1. The van der Waals surface area contributed by atoms with Gasteiger partial charge in [-0.25, -0.2) is 0 Å². The second kappa shape index (κ2) is 4.34. The summed E-state index contributed by atoms with van der Waals surface area (Å²) in [6.07, 6.45) is 0.939. The molecule has 7 heteroatoms. The molecule has 0 unspecified atom stereocenters. The van der Waals surface area contributed by atoms with Gasteiger partial charge in [-0.05, 0) is 33.3 Å². The van der Waals surface area contributed by atoms with Gasteiger partial charge in [-0.2, -0.15) is 0 Å². The van der Waals surface area contributed by atoms with E-state index in [-0.39, 0.29) is 5.82 Å². The number of hydrogen-bond acceptors (Lipinski definition) is 5. The van der Waals surface area contributed by atoms with E-state index in [4.69, 9.17) is 0 Å². The van der Waals surface area contributed by atoms with Crippen LogP contribution in [0, 0.1) is 17.0 Å². The molecular weight excluding hydrogens is 264 g/mol. The van der Waals surface area contributed by atoms with Crippen molar-refractivity contribution < 1.29 is 4.92 Å². The Kier molecular flexibility index (Phi) is 2.78. The van der Waals surface area contributed by atoms with Crippen molar-refractivity contribution in [2.45, 2.75) is 19.9 Å². The van der Waals surface area contributed by atoms with E-state index in [1.165, 1.54) is 10.4 Å². The van der Waals surface area contributed by atoms with E-state index in [0.29, 0.717) is 11.6 Å². The maximum atomic E-state index is 11.1. The highest BCUT2D eigenvalue weighted by Crippen LogP contribution is 2.33. The Morgan fingerprint density at radius 2 is 2.32 bits per heavy atom. The van der Waals surface area contributed by atoms with Crippen LogP contribution in [0.5, 0.6) is 0 Å². The summed E-state index contributed by atoms with van der Waals surface area (Å²) in [5.41, 5.74) is 1.27. The van der Waals surface area contributed by atoms with Crippen molar-refractivity contribution in [3.8, 4) is 0 Å². The minimum absolute atomic E-state index is 0.0429. The van der Waals surface area contributed by atoms with Crippen LogP contribution in [0.25, 0.3) is 0 Å². The molecule has 0 bridgehead atoms. The van der Waals surface area contributed by atoms with Crippen LogP contribution in [0.3, 0.4) is 0 Å². The fraction of sp³-hybridized carbons (Fsp3) is 0.417. The number of aromatic nitrogens is 2. The topological polar surface area (TPSA) is 64.2 Å². The van der Waals surface area contributed by atoms with E-state index in [1.807, 2.05) is 11.9 Å². The summed E-state index contributed by atoms with van der Waals surface area (Å²) >= 11 is 1.76. The molecule has 6 nitrogen and oxygen atoms in total. The zero-order valence-electron chi connectivity index (χ0n) is 10.8. The van der Waals surface area contributed by atoms with Crippen molar-refractivity contribution in [3.63, 3.8) is 0 Å². The van der Waals surface area contributed by atoms with Crippen molar-refractivity contribution in [2.24, 2.45) is 7.05 Å². The summed E-state index contributed by atoms with van der Waals surface area (Å²) in [7, 11) is 1.83.